The van der Waals surface area contributed by atoms with E-state index in [4.69, 9.17) is 16.9 Å². The molecule has 1 N–H and O–H groups in total. The third-order valence-electron chi connectivity index (χ3n) is 3.15. The van der Waals surface area contributed by atoms with Crippen LogP contribution in [0.3, 0.4) is 0 Å². The molecule has 0 bridgehead atoms. The van der Waals surface area contributed by atoms with E-state index in [1.54, 1.807) is 12.1 Å². The summed E-state index contributed by atoms with van der Waals surface area (Å²) in [5, 5.41) is 12.9. The summed E-state index contributed by atoms with van der Waals surface area (Å²) < 4.78 is 1.07. The Balaban J connectivity index is 2.01. The average molecular weight is 350 g/mol. The zero-order chi connectivity index (χ0) is 14.5. The zero-order valence-electron chi connectivity index (χ0n) is 11.0. The Kier molecular flexibility index (Phi) is 5.19. The second-order valence-electron chi connectivity index (χ2n) is 4.57. The van der Waals surface area contributed by atoms with Crippen LogP contribution in [0, 0.1) is 11.3 Å². The molecule has 0 radical (unpaired) electrons. The van der Waals surface area contributed by atoms with Gasteiger partial charge in [0, 0.05) is 22.1 Å². The van der Waals surface area contributed by atoms with E-state index in [2.05, 4.69) is 46.4 Å². The standard InChI is InChI=1S/C16H14BrClN2/c1-11(13-4-6-15(17)7-5-13)20-10-14-3-2-12(9-19)8-16(14)18/h2-8,11,20H,10H2,1H3/t11-/m0/s1. The molecule has 2 rings (SSSR count). The Hall–Kier alpha value is -1.34. The van der Waals surface area contributed by atoms with Crippen molar-refractivity contribution in [2.24, 2.45) is 0 Å². The molecule has 1 atom stereocenters. The van der Waals surface area contributed by atoms with Crippen molar-refractivity contribution in [2.75, 3.05) is 0 Å². The first-order valence-corrected chi connectivity index (χ1v) is 7.44. The first-order chi connectivity index (χ1) is 9.60. The van der Waals surface area contributed by atoms with Gasteiger partial charge in [0.05, 0.1) is 11.6 Å². The quantitative estimate of drug-likeness (QED) is 0.858. The van der Waals surface area contributed by atoms with Gasteiger partial charge in [0.1, 0.15) is 0 Å². The predicted octanol–water partition coefficient (Wildman–Crippen LogP) is 4.82. The lowest BCUT2D eigenvalue weighted by Crippen LogP contribution is -2.18. The van der Waals surface area contributed by atoms with Gasteiger partial charge < -0.3 is 5.32 Å². The Morgan fingerprint density at radius 3 is 2.55 bits per heavy atom. The number of benzene rings is 2. The van der Waals surface area contributed by atoms with Crippen molar-refractivity contribution in [3.8, 4) is 6.07 Å². The minimum atomic E-state index is 0.231. The Bertz CT molecular complexity index is 632. The highest BCUT2D eigenvalue weighted by Crippen LogP contribution is 2.20. The predicted molar refractivity (Wildman–Crippen MR) is 85.6 cm³/mol. The summed E-state index contributed by atoms with van der Waals surface area (Å²) in [7, 11) is 0. The monoisotopic (exact) mass is 348 g/mol. The van der Waals surface area contributed by atoms with Gasteiger partial charge in [0.15, 0.2) is 0 Å². The number of halogens is 2. The van der Waals surface area contributed by atoms with Crippen molar-refractivity contribution in [3.63, 3.8) is 0 Å². The SMILES string of the molecule is C[C@H](NCc1ccc(C#N)cc1Cl)c1ccc(Br)cc1. The molecule has 0 fully saturated rings. The van der Waals surface area contributed by atoms with Gasteiger partial charge in [-0.3, -0.25) is 0 Å². The van der Waals surface area contributed by atoms with Crippen LogP contribution in [0.25, 0.3) is 0 Å². The van der Waals surface area contributed by atoms with Crippen LogP contribution < -0.4 is 5.32 Å². The van der Waals surface area contributed by atoms with E-state index in [0.717, 1.165) is 10.0 Å². The number of nitrogens with one attached hydrogen (secondary N) is 1. The summed E-state index contributed by atoms with van der Waals surface area (Å²) in [4.78, 5) is 0. The molecule has 2 aromatic carbocycles. The summed E-state index contributed by atoms with van der Waals surface area (Å²) >= 11 is 9.59. The summed E-state index contributed by atoms with van der Waals surface area (Å²) in [5.41, 5.74) is 2.80. The van der Waals surface area contributed by atoms with E-state index in [0.29, 0.717) is 17.1 Å². The van der Waals surface area contributed by atoms with Gasteiger partial charge in [0.2, 0.25) is 0 Å². The molecule has 0 spiro atoms. The Labute approximate surface area is 132 Å². The Morgan fingerprint density at radius 1 is 1.25 bits per heavy atom. The molecule has 0 aromatic heterocycles. The van der Waals surface area contributed by atoms with Crippen LogP contribution in [0.1, 0.15) is 29.7 Å². The summed E-state index contributed by atoms with van der Waals surface area (Å²) in [5.74, 6) is 0. The highest BCUT2D eigenvalue weighted by atomic mass is 79.9. The fourth-order valence-electron chi connectivity index (χ4n) is 1.89. The van der Waals surface area contributed by atoms with E-state index < -0.39 is 0 Å². The normalized spacial score (nSPS) is 11.9. The molecular weight excluding hydrogens is 336 g/mol. The van der Waals surface area contributed by atoms with E-state index in [9.17, 15) is 0 Å². The van der Waals surface area contributed by atoms with Gasteiger partial charge in [-0.05, 0) is 42.3 Å². The number of rotatable bonds is 4. The molecule has 0 saturated carbocycles. The lowest BCUT2D eigenvalue weighted by molar-refractivity contribution is 0.575. The van der Waals surface area contributed by atoms with Crippen LogP contribution >= 0.6 is 27.5 Å². The highest BCUT2D eigenvalue weighted by molar-refractivity contribution is 9.10. The number of hydrogen-bond donors (Lipinski definition) is 1. The van der Waals surface area contributed by atoms with Crippen molar-refractivity contribution < 1.29 is 0 Å². The molecule has 0 saturated heterocycles. The third kappa shape index (κ3) is 3.83. The van der Waals surface area contributed by atoms with Crippen molar-refractivity contribution in [1.29, 1.82) is 5.26 Å². The van der Waals surface area contributed by atoms with Crippen LogP contribution in [0.5, 0.6) is 0 Å². The topological polar surface area (TPSA) is 35.8 Å². The first-order valence-electron chi connectivity index (χ1n) is 6.27. The molecule has 0 amide bonds. The first kappa shape index (κ1) is 15.1. The van der Waals surface area contributed by atoms with E-state index in [1.165, 1.54) is 5.56 Å². The van der Waals surface area contributed by atoms with E-state index >= 15 is 0 Å². The Morgan fingerprint density at radius 2 is 1.95 bits per heavy atom. The molecule has 0 aliphatic rings. The summed E-state index contributed by atoms with van der Waals surface area (Å²) in [6.07, 6.45) is 0. The van der Waals surface area contributed by atoms with Gasteiger partial charge in [-0.25, -0.2) is 0 Å². The molecule has 4 heteroatoms. The number of nitrogens with zero attached hydrogens (tertiary/aromatic N) is 1. The second kappa shape index (κ2) is 6.90. The van der Waals surface area contributed by atoms with Gasteiger partial charge in [0.25, 0.3) is 0 Å². The maximum atomic E-state index is 8.81. The van der Waals surface area contributed by atoms with Gasteiger partial charge in [-0.15, -0.1) is 0 Å². The highest BCUT2D eigenvalue weighted by Gasteiger charge is 2.07. The molecule has 102 valence electrons. The molecule has 20 heavy (non-hydrogen) atoms. The number of hydrogen-bond acceptors (Lipinski definition) is 2. The van der Waals surface area contributed by atoms with Crippen LogP contribution in [-0.2, 0) is 6.54 Å². The van der Waals surface area contributed by atoms with Crippen LogP contribution in [0.2, 0.25) is 5.02 Å². The third-order valence-corrected chi connectivity index (χ3v) is 4.03. The lowest BCUT2D eigenvalue weighted by atomic mass is 10.1. The number of nitriles is 1. The average Bonchev–Trinajstić information content (AvgIpc) is 2.46. The van der Waals surface area contributed by atoms with Gasteiger partial charge >= 0.3 is 0 Å². The summed E-state index contributed by atoms with van der Waals surface area (Å²) in [6, 6.07) is 15.9. The van der Waals surface area contributed by atoms with E-state index in [1.807, 2.05) is 18.2 Å². The summed E-state index contributed by atoms with van der Waals surface area (Å²) in [6.45, 7) is 2.78. The molecule has 2 aromatic rings. The lowest BCUT2D eigenvalue weighted by Gasteiger charge is -2.15. The molecule has 2 nitrogen and oxygen atoms in total. The van der Waals surface area contributed by atoms with Crippen LogP contribution in [-0.4, -0.2) is 0 Å². The largest absolute Gasteiger partial charge is 0.306 e. The fraction of sp³-hybridized carbons (Fsp3) is 0.188. The van der Waals surface area contributed by atoms with E-state index in [-0.39, 0.29) is 6.04 Å². The second-order valence-corrected chi connectivity index (χ2v) is 5.90. The van der Waals surface area contributed by atoms with Crippen molar-refractivity contribution in [2.45, 2.75) is 19.5 Å². The van der Waals surface area contributed by atoms with Crippen molar-refractivity contribution in [3.05, 3.63) is 68.7 Å². The fourth-order valence-corrected chi connectivity index (χ4v) is 2.40. The molecule has 0 unspecified atom stereocenters. The minimum absolute atomic E-state index is 0.231. The molecule has 0 heterocycles. The zero-order valence-corrected chi connectivity index (χ0v) is 13.4. The van der Waals surface area contributed by atoms with Gasteiger partial charge in [-0.1, -0.05) is 45.7 Å². The molecule has 0 aliphatic carbocycles. The van der Waals surface area contributed by atoms with Crippen molar-refractivity contribution in [1.82, 2.24) is 5.32 Å². The van der Waals surface area contributed by atoms with Crippen LogP contribution in [0.15, 0.2) is 46.9 Å². The maximum Gasteiger partial charge on any atom is 0.0992 e. The smallest absolute Gasteiger partial charge is 0.0992 e. The van der Waals surface area contributed by atoms with Crippen molar-refractivity contribution >= 4 is 27.5 Å². The van der Waals surface area contributed by atoms with Gasteiger partial charge in [-0.2, -0.15) is 5.26 Å². The maximum absolute atomic E-state index is 8.81. The van der Waals surface area contributed by atoms with Crippen LogP contribution in [0.4, 0.5) is 0 Å². The molecular formula is C16H14BrClN2. The molecule has 0 aliphatic heterocycles. The minimum Gasteiger partial charge on any atom is -0.306 e.